The van der Waals surface area contributed by atoms with E-state index >= 15 is 0 Å². The van der Waals surface area contributed by atoms with Gasteiger partial charge in [-0.25, -0.2) is 4.79 Å². The Balaban J connectivity index is 1.68. The van der Waals surface area contributed by atoms with Crippen molar-refractivity contribution in [1.82, 2.24) is 0 Å². The molecule has 2 atom stereocenters. The Morgan fingerprint density at radius 2 is 1.79 bits per heavy atom. The highest BCUT2D eigenvalue weighted by atomic mass is 35.5. The molecule has 34 heavy (non-hydrogen) atoms. The van der Waals surface area contributed by atoms with Crippen molar-refractivity contribution in [3.63, 3.8) is 0 Å². The lowest BCUT2D eigenvalue weighted by molar-refractivity contribution is 0.0696. The minimum absolute atomic E-state index is 0.133. The summed E-state index contributed by atoms with van der Waals surface area (Å²) in [7, 11) is 0. The smallest absolute Gasteiger partial charge is 0.335 e. The number of aromatic carboxylic acids is 1. The van der Waals surface area contributed by atoms with Gasteiger partial charge >= 0.3 is 5.97 Å². The number of aryl methyl sites for hydroxylation is 1. The van der Waals surface area contributed by atoms with Gasteiger partial charge in [0.25, 0.3) is 0 Å². The minimum atomic E-state index is -1.04. The van der Waals surface area contributed by atoms with Gasteiger partial charge in [-0.05, 0) is 86.7 Å². The first-order valence-electron chi connectivity index (χ1n) is 11.1. The molecule has 2 N–H and O–H groups in total. The first kappa shape index (κ1) is 23.0. The molecule has 0 fully saturated rings. The van der Waals surface area contributed by atoms with Crippen LogP contribution in [0.3, 0.4) is 0 Å². The zero-order valence-electron chi connectivity index (χ0n) is 19.1. The van der Waals surface area contributed by atoms with Crippen molar-refractivity contribution >= 4 is 40.5 Å². The molecule has 2 aliphatic heterocycles. The fourth-order valence-corrected chi connectivity index (χ4v) is 5.36. The van der Waals surface area contributed by atoms with Gasteiger partial charge in [0, 0.05) is 11.4 Å². The van der Waals surface area contributed by atoms with E-state index in [0.717, 1.165) is 35.3 Å². The number of aliphatic hydroxyl groups excluding tert-OH is 1. The fraction of sp³-hybridized carbons (Fsp3) is 0.296. The van der Waals surface area contributed by atoms with Crippen molar-refractivity contribution < 1.29 is 19.7 Å². The lowest BCUT2D eigenvalue weighted by atomic mass is 9.75. The van der Waals surface area contributed by atoms with Crippen molar-refractivity contribution in [2.75, 3.05) is 4.90 Å². The van der Waals surface area contributed by atoms with Crippen LogP contribution in [0.1, 0.15) is 54.2 Å². The highest BCUT2D eigenvalue weighted by Gasteiger charge is 2.49. The maximum Gasteiger partial charge on any atom is 0.335 e. The number of carboxylic acid groups (broad SMARTS) is 1. The average molecular weight is 498 g/mol. The minimum Gasteiger partial charge on any atom is -0.488 e. The predicted molar refractivity (Wildman–Crippen MR) is 134 cm³/mol. The summed E-state index contributed by atoms with van der Waals surface area (Å²) in [5, 5.41) is 22.0. The number of aliphatic hydroxyl groups is 1. The fourth-order valence-electron chi connectivity index (χ4n) is 5.04. The molecular formula is C27H25Cl2NO4. The number of ether oxygens (including phenoxy) is 1. The van der Waals surface area contributed by atoms with Crippen molar-refractivity contribution in [3.8, 4) is 5.75 Å². The van der Waals surface area contributed by atoms with Crippen molar-refractivity contribution in [3.05, 3.63) is 86.9 Å². The number of hydrogen-bond acceptors (Lipinski definition) is 4. The Kier molecular flexibility index (Phi) is 5.36. The van der Waals surface area contributed by atoms with Crippen LogP contribution in [0.15, 0.2) is 54.6 Å². The Bertz CT molecular complexity index is 1320. The molecule has 3 aromatic carbocycles. The number of carboxylic acids is 1. The highest BCUT2D eigenvalue weighted by Crippen LogP contribution is 2.54. The number of benzene rings is 3. The van der Waals surface area contributed by atoms with E-state index in [1.165, 1.54) is 6.07 Å². The second-order valence-corrected chi connectivity index (χ2v) is 10.6. The molecule has 3 aromatic rings. The normalized spacial score (nSPS) is 22.6. The molecule has 176 valence electrons. The third kappa shape index (κ3) is 3.54. The van der Waals surface area contributed by atoms with Crippen LogP contribution in [-0.2, 0) is 11.8 Å². The number of carbonyl (C=O) groups is 1. The maximum atomic E-state index is 11.8. The number of nitrogens with zero attached hydrogens (tertiary/aromatic N) is 1. The van der Waals surface area contributed by atoms with E-state index in [-0.39, 0.29) is 11.2 Å². The number of hydrogen-bond donors (Lipinski definition) is 2. The summed E-state index contributed by atoms with van der Waals surface area (Å²) in [6.07, 6.45) is 0.746. The summed E-state index contributed by atoms with van der Waals surface area (Å²) in [4.78, 5) is 13.3. The van der Waals surface area contributed by atoms with Gasteiger partial charge in [-0.15, -0.1) is 0 Å². The van der Waals surface area contributed by atoms with Crippen LogP contribution in [0, 0.1) is 0 Å². The van der Waals surface area contributed by atoms with Crippen LogP contribution in [0.5, 0.6) is 5.75 Å². The molecule has 0 aliphatic carbocycles. The van der Waals surface area contributed by atoms with Crippen LogP contribution in [0.2, 0.25) is 10.0 Å². The van der Waals surface area contributed by atoms with Crippen LogP contribution < -0.4 is 9.64 Å². The van der Waals surface area contributed by atoms with E-state index < -0.39 is 17.6 Å². The summed E-state index contributed by atoms with van der Waals surface area (Å²) in [6.45, 7) is 6.13. The van der Waals surface area contributed by atoms with Crippen molar-refractivity contribution in [2.45, 2.75) is 50.9 Å². The molecule has 0 saturated carbocycles. The Morgan fingerprint density at radius 3 is 2.53 bits per heavy atom. The van der Waals surface area contributed by atoms with E-state index in [1.54, 1.807) is 35.2 Å². The van der Waals surface area contributed by atoms with Gasteiger partial charge in [-0.3, -0.25) is 0 Å². The van der Waals surface area contributed by atoms with Crippen LogP contribution >= 0.6 is 23.2 Å². The monoisotopic (exact) mass is 497 g/mol. The summed E-state index contributed by atoms with van der Waals surface area (Å²) in [5.74, 6) is -0.179. The highest BCUT2D eigenvalue weighted by molar-refractivity contribution is 6.42. The molecule has 2 aliphatic rings. The molecule has 0 saturated heterocycles. The average Bonchev–Trinajstić information content (AvgIpc) is 3.00. The van der Waals surface area contributed by atoms with Gasteiger partial charge in [0.05, 0.1) is 21.0 Å². The van der Waals surface area contributed by atoms with Gasteiger partial charge in [0.1, 0.15) is 17.6 Å². The summed E-state index contributed by atoms with van der Waals surface area (Å²) in [5.41, 5.74) is 3.12. The zero-order valence-corrected chi connectivity index (χ0v) is 20.6. The zero-order chi connectivity index (χ0) is 24.4. The number of halogens is 2. The molecular weight excluding hydrogens is 473 g/mol. The van der Waals surface area contributed by atoms with Crippen molar-refractivity contribution in [1.29, 1.82) is 0 Å². The standard InChI is InChI=1S/C27H25Cl2NO4/c1-26(2)10-9-15-11-17(7-8-23(15)34-26)27(3)19-13-20(28)21(29)14-22(19)30(25(27)33)18-6-4-5-16(12-18)24(31)32/h4-8,11-14,25,33H,9-10H2,1-3H3,(H,31,32). The summed E-state index contributed by atoms with van der Waals surface area (Å²) < 4.78 is 6.16. The van der Waals surface area contributed by atoms with Crippen LogP contribution in [0.25, 0.3) is 0 Å². The third-order valence-corrected chi connectivity index (χ3v) is 7.75. The quantitative estimate of drug-likeness (QED) is 0.428. The molecule has 2 heterocycles. The van der Waals surface area contributed by atoms with E-state index in [2.05, 4.69) is 19.9 Å². The number of fused-ring (bicyclic) bond motifs is 2. The topological polar surface area (TPSA) is 70.0 Å². The van der Waals surface area contributed by atoms with Gasteiger partial charge in [0.2, 0.25) is 0 Å². The van der Waals surface area contributed by atoms with E-state index in [1.807, 2.05) is 19.1 Å². The lowest BCUT2D eigenvalue weighted by Crippen LogP contribution is -2.42. The second kappa shape index (κ2) is 7.91. The molecule has 0 aromatic heterocycles. The molecule has 0 bridgehead atoms. The third-order valence-electron chi connectivity index (χ3n) is 7.03. The Hall–Kier alpha value is -2.73. The molecule has 7 heteroatoms. The van der Waals surface area contributed by atoms with Crippen molar-refractivity contribution in [2.24, 2.45) is 0 Å². The van der Waals surface area contributed by atoms with E-state index in [9.17, 15) is 15.0 Å². The Morgan fingerprint density at radius 1 is 1.06 bits per heavy atom. The maximum absolute atomic E-state index is 11.8. The first-order valence-corrected chi connectivity index (χ1v) is 11.9. The van der Waals surface area contributed by atoms with Gasteiger partial charge < -0.3 is 19.8 Å². The molecule has 2 unspecified atom stereocenters. The first-order chi connectivity index (χ1) is 16.0. The van der Waals surface area contributed by atoms with Crippen LogP contribution in [0.4, 0.5) is 11.4 Å². The summed E-state index contributed by atoms with van der Waals surface area (Å²) in [6, 6.07) is 16.1. The SMILES string of the molecule is CC1(C)CCc2cc(C3(C)c4cc(Cl)c(Cl)cc4N(c4cccc(C(=O)O)c4)C3O)ccc2O1. The number of anilines is 2. The lowest BCUT2D eigenvalue weighted by Gasteiger charge is -2.36. The molecule has 0 amide bonds. The van der Waals surface area contributed by atoms with Crippen LogP contribution in [-0.4, -0.2) is 28.0 Å². The molecule has 5 nitrogen and oxygen atoms in total. The largest absolute Gasteiger partial charge is 0.488 e. The molecule has 0 radical (unpaired) electrons. The number of rotatable bonds is 3. The Labute approximate surface area is 208 Å². The van der Waals surface area contributed by atoms with Gasteiger partial charge in [-0.1, -0.05) is 41.4 Å². The predicted octanol–water partition coefficient (Wildman–Crippen LogP) is 6.57. The summed E-state index contributed by atoms with van der Waals surface area (Å²) >= 11 is 12.8. The van der Waals surface area contributed by atoms with Gasteiger partial charge in [-0.2, -0.15) is 0 Å². The molecule has 5 rings (SSSR count). The second-order valence-electron chi connectivity index (χ2n) is 9.77. The van der Waals surface area contributed by atoms with E-state index in [0.29, 0.717) is 21.4 Å². The van der Waals surface area contributed by atoms with E-state index in [4.69, 9.17) is 27.9 Å². The molecule has 0 spiro atoms. The van der Waals surface area contributed by atoms with Gasteiger partial charge in [0.15, 0.2) is 0 Å².